The van der Waals surface area contributed by atoms with Crippen LogP contribution in [0.25, 0.3) is 11.0 Å². The quantitative estimate of drug-likeness (QED) is 0.496. The van der Waals surface area contributed by atoms with Crippen molar-refractivity contribution in [1.82, 2.24) is 4.73 Å². The third-order valence-electron chi connectivity index (χ3n) is 3.94. The fourth-order valence-electron chi connectivity index (χ4n) is 2.67. The standard InChI is InChI=1S/C17H16N4O3/c1-10-6-5-7-11(2)14(10)19-17(22)15-16(18)21(24)13-9-4-3-8-12(13)20(15)23/h3-9,23H,1-2H3,(H2-,18,19,22)/p+1. The molecule has 7 heteroatoms. The summed E-state index contributed by atoms with van der Waals surface area (Å²) in [5.41, 5.74) is 8.18. The number of rotatable bonds is 2. The van der Waals surface area contributed by atoms with Crippen LogP contribution in [0.4, 0.5) is 11.5 Å². The molecule has 3 aromatic rings. The highest BCUT2D eigenvalue weighted by Crippen LogP contribution is 2.22. The highest BCUT2D eigenvalue weighted by atomic mass is 16.5. The van der Waals surface area contributed by atoms with E-state index in [-0.39, 0.29) is 22.5 Å². The molecule has 0 saturated heterocycles. The van der Waals surface area contributed by atoms with Crippen LogP contribution in [0.2, 0.25) is 0 Å². The maximum atomic E-state index is 12.6. The predicted molar refractivity (Wildman–Crippen MR) is 90.8 cm³/mol. The molecule has 24 heavy (non-hydrogen) atoms. The van der Waals surface area contributed by atoms with Crippen molar-refractivity contribution in [2.45, 2.75) is 13.8 Å². The number of hydrogen-bond donors (Lipinski definition) is 3. The van der Waals surface area contributed by atoms with Gasteiger partial charge in [-0.2, -0.15) is 4.73 Å². The minimum atomic E-state index is -0.664. The number of hydrogen-bond acceptors (Lipinski definition) is 4. The molecule has 1 heterocycles. The van der Waals surface area contributed by atoms with Crippen molar-refractivity contribution in [3.8, 4) is 0 Å². The molecule has 0 aliphatic heterocycles. The van der Waals surface area contributed by atoms with Gasteiger partial charge in [-0.25, -0.2) is 0 Å². The zero-order chi connectivity index (χ0) is 17.4. The molecule has 0 aliphatic carbocycles. The lowest BCUT2D eigenvalue weighted by Crippen LogP contribution is -2.31. The summed E-state index contributed by atoms with van der Waals surface area (Å²) >= 11 is 0. The Balaban J connectivity index is 2.16. The first-order valence-corrected chi connectivity index (χ1v) is 7.34. The molecule has 0 saturated carbocycles. The monoisotopic (exact) mass is 325 g/mol. The number of nitrogens with one attached hydrogen (secondary N) is 1. The van der Waals surface area contributed by atoms with Crippen LogP contribution in [-0.2, 0) is 0 Å². The number of nitrogens with zero attached hydrogens (tertiary/aromatic N) is 2. The summed E-state index contributed by atoms with van der Waals surface area (Å²) in [5.74, 6) is -1.04. The highest BCUT2D eigenvalue weighted by Gasteiger charge is 2.26. The second kappa shape index (κ2) is 5.69. The fourth-order valence-corrected chi connectivity index (χ4v) is 2.67. The summed E-state index contributed by atoms with van der Waals surface area (Å²) in [7, 11) is 0. The van der Waals surface area contributed by atoms with Crippen LogP contribution < -0.4 is 15.5 Å². The SMILES string of the molecule is Cc1cccc(C)c1NC(=O)c1c(N)[n+](=O)c2ccccc2n1O. The van der Waals surface area contributed by atoms with E-state index in [1.165, 1.54) is 12.1 Å². The molecule has 7 nitrogen and oxygen atoms in total. The number of aryl methyl sites for hydroxylation is 2. The number of amides is 1. The fraction of sp³-hybridized carbons (Fsp3) is 0.118. The summed E-state index contributed by atoms with van der Waals surface area (Å²) in [6.07, 6.45) is 0. The van der Waals surface area contributed by atoms with Crippen LogP contribution in [0.5, 0.6) is 0 Å². The average molecular weight is 325 g/mol. The Morgan fingerprint density at radius 3 is 2.42 bits per heavy atom. The molecule has 2 aromatic carbocycles. The molecular formula is C17H17N4O3+. The first kappa shape index (κ1) is 15.5. The zero-order valence-corrected chi connectivity index (χ0v) is 13.3. The predicted octanol–water partition coefficient (Wildman–Crippen LogP) is 2.24. The number of fused-ring (bicyclic) bond motifs is 1. The van der Waals surface area contributed by atoms with E-state index >= 15 is 0 Å². The Labute approximate surface area is 137 Å². The Kier molecular flexibility index (Phi) is 3.69. The first-order chi connectivity index (χ1) is 11.4. The molecule has 0 spiro atoms. The van der Waals surface area contributed by atoms with Crippen molar-refractivity contribution in [1.29, 1.82) is 0 Å². The van der Waals surface area contributed by atoms with Gasteiger partial charge in [0.05, 0.1) is 0 Å². The van der Waals surface area contributed by atoms with E-state index in [2.05, 4.69) is 5.32 Å². The molecule has 0 bridgehead atoms. The topological polar surface area (TPSA) is 103 Å². The molecule has 0 radical (unpaired) electrons. The number of carbonyl (C=O) groups excluding carboxylic acids is 1. The van der Waals surface area contributed by atoms with E-state index in [9.17, 15) is 14.9 Å². The Hall–Kier alpha value is -3.35. The summed E-state index contributed by atoms with van der Waals surface area (Å²) in [6, 6.07) is 11.9. The number of nitrogen functional groups attached to an aromatic ring is 1. The van der Waals surface area contributed by atoms with Crippen molar-refractivity contribution in [3.05, 3.63) is 64.2 Å². The molecule has 122 valence electrons. The second-order valence-corrected chi connectivity index (χ2v) is 5.55. The van der Waals surface area contributed by atoms with E-state index in [0.717, 1.165) is 11.1 Å². The molecule has 0 aliphatic rings. The van der Waals surface area contributed by atoms with Gasteiger partial charge in [-0.1, -0.05) is 35.2 Å². The van der Waals surface area contributed by atoms with Gasteiger partial charge in [0.2, 0.25) is 11.2 Å². The number of anilines is 2. The van der Waals surface area contributed by atoms with Crippen LogP contribution in [0.1, 0.15) is 21.6 Å². The molecule has 0 unspecified atom stereocenters. The van der Waals surface area contributed by atoms with Gasteiger partial charge < -0.3 is 10.5 Å². The summed E-state index contributed by atoms with van der Waals surface area (Å²) in [6.45, 7) is 3.71. The van der Waals surface area contributed by atoms with E-state index in [1.54, 1.807) is 12.1 Å². The second-order valence-electron chi connectivity index (χ2n) is 5.55. The number of nitrogens with two attached hydrogens (primary N) is 1. The number of aromatic nitrogens is 2. The summed E-state index contributed by atoms with van der Waals surface area (Å²) < 4.78 is 1.07. The van der Waals surface area contributed by atoms with Crippen LogP contribution in [0.15, 0.2) is 42.5 Å². The minimum absolute atomic E-state index is 0.168. The van der Waals surface area contributed by atoms with Gasteiger partial charge in [0.1, 0.15) is 5.52 Å². The van der Waals surface area contributed by atoms with Crippen LogP contribution in [0.3, 0.4) is 0 Å². The number of benzene rings is 2. The van der Waals surface area contributed by atoms with E-state index in [1.807, 2.05) is 32.0 Å². The lowest BCUT2D eigenvalue weighted by molar-refractivity contribution is -0.448. The Morgan fingerprint density at radius 1 is 1.12 bits per heavy atom. The average Bonchev–Trinajstić information content (AvgIpc) is 2.56. The number of carbonyl (C=O) groups is 1. The van der Waals surface area contributed by atoms with Crippen LogP contribution in [-0.4, -0.2) is 15.8 Å². The summed E-state index contributed by atoms with van der Waals surface area (Å²) in [5, 5.41) is 13.1. The molecule has 0 atom stereocenters. The van der Waals surface area contributed by atoms with Gasteiger partial charge in [0.15, 0.2) is 0 Å². The molecule has 1 aromatic heterocycles. The Bertz CT molecular complexity index is 1000. The maximum absolute atomic E-state index is 12.6. The normalized spacial score (nSPS) is 10.8. The Morgan fingerprint density at radius 2 is 1.75 bits per heavy atom. The van der Waals surface area contributed by atoms with Crippen molar-refractivity contribution in [2.75, 3.05) is 11.1 Å². The van der Waals surface area contributed by atoms with Gasteiger partial charge in [-0.15, -0.1) is 0 Å². The molecule has 0 fully saturated rings. The lowest BCUT2D eigenvalue weighted by atomic mass is 10.1. The van der Waals surface area contributed by atoms with Gasteiger partial charge >= 0.3 is 5.82 Å². The number of para-hydroxylation sites is 3. The highest BCUT2D eigenvalue weighted by molar-refractivity contribution is 6.07. The van der Waals surface area contributed by atoms with E-state index in [4.69, 9.17) is 5.73 Å². The van der Waals surface area contributed by atoms with Crippen molar-refractivity contribution in [3.63, 3.8) is 0 Å². The lowest BCUT2D eigenvalue weighted by Gasteiger charge is -2.13. The maximum Gasteiger partial charge on any atom is 0.351 e. The van der Waals surface area contributed by atoms with Crippen LogP contribution >= 0.6 is 0 Å². The minimum Gasteiger partial charge on any atom is -0.427 e. The molecule has 4 N–H and O–H groups in total. The first-order valence-electron chi connectivity index (χ1n) is 7.34. The van der Waals surface area contributed by atoms with Crippen molar-refractivity contribution < 1.29 is 14.4 Å². The molecular weight excluding hydrogens is 308 g/mol. The van der Waals surface area contributed by atoms with Crippen molar-refractivity contribution in [2.24, 2.45) is 0 Å². The zero-order valence-electron chi connectivity index (χ0n) is 13.3. The van der Waals surface area contributed by atoms with Gasteiger partial charge in [0.25, 0.3) is 5.91 Å². The largest absolute Gasteiger partial charge is 0.427 e. The van der Waals surface area contributed by atoms with E-state index in [0.29, 0.717) is 14.8 Å². The van der Waals surface area contributed by atoms with Gasteiger partial charge in [-0.3, -0.25) is 10.5 Å². The molecule has 1 amide bonds. The smallest absolute Gasteiger partial charge is 0.351 e. The third kappa shape index (κ3) is 2.36. The molecule has 3 rings (SSSR count). The van der Waals surface area contributed by atoms with Gasteiger partial charge in [0, 0.05) is 10.1 Å². The summed E-state index contributed by atoms with van der Waals surface area (Å²) in [4.78, 5) is 24.9. The van der Waals surface area contributed by atoms with E-state index < -0.39 is 5.91 Å². The van der Waals surface area contributed by atoms with Crippen LogP contribution in [0, 0.1) is 18.8 Å². The van der Waals surface area contributed by atoms with Crippen molar-refractivity contribution >= 4 is 28.4 Å². The third-order valence-corrected chi connectivity index (χ3v) is 3.94. The van der Waals surface area contributed by atoms with Gasteiger partial charge in [-0.05, 0) is 37.1 Å².